The Kier molecular flexibility index (Phi) is 34.9. The lowest BCUT2D eigenvalue weighted by Gasteiger charge is -2.18. The molecule has 0 aliphatic heterocycles. The van der Waals surface area contributed by atoms with Crippen LogP contribution in [0.15, 0.2) is 109 Å². The van der Waals surface area contributed by atoms with Crippen LogP contribution in [0.5, 0.6) is 0 Å². The molecule has 0 saturated heterocycles. The molecule has 0 aliphatic carbocycles. The Bertz CT molecular complexity index is 1120. The minimum absolute atomic E-state index is 0.116. The Morgan fingerprint density at radius 3 is 1.64 bits per heavy atom. The van der Waals surface area contributed by atoms with Gasteiger partial charge in [0.25, 0.3) is 0 Å². The summed E-state index contributed by atoms with van der Waals surface area (Å²) in [5.41, 5.74) is 0. The molecule has 6 heteroatoms. The summed E-state index contributed by atoms with van der Waals surface area (Å²) >= 11 is 0. The molecule has 0 heterocycles. The van der Waals surface area contributed by atoms with Crippen LogP contribution in [-0.2, 0) is 28.6 Å². The number of carbonyl (C=O) groups is 3. The standard InChI is InChI=1S/C44H66O6/c1-4-7-10-13-16-19-21-22-23-26-28-31-34-37-43(46)49-40-41(39-48-42(45)36-33-30-27-24-18-15-12-9-6-3)50-44(47)38-35-32-29-25-20-17-14-11-8-5-2/h7,9-10,12-14,16-19,21-24,26,28,30,33,41H,4-6,8,11,15,20,25,27,29,31-32,34-40H2,1-3H3/b10-7-,12-9-,16-13-,17-14-,21-19-,23-22-,24-18-,28-26-,33-30-. The van der Waals surface area contributed by atoms with Crippen molar-refractivity contribution in [2.45, 2.75) is 136 Å². The molecule has 0 amide bonds. The van der Waals surface area contributed by atoms with Crippen molar-refractivity contribution in [2.24, 2.45) is 0 Å². The fourth-order valence-electron chi connectivity index (χ4n) is 4.33. The molecular formula is C44H66O6. The summed E-state index contributed by atoms with van der Waals surface area (Å²) in [7, 11) is 0. The molecule has 50 heavy (non-hydrogen) atoms. The lowest BCUT2D eigenvalue weighted by Crippen LogP contribution is -2.30. The first-order valence-electron chi connectivity index (χ1n) is 19.0. The molecule has 0 rings (SSSR count). The Morgan fingerprint density at radius 2 is 0.980 bits per heavy atom. The van der Waals surface area contributed by atoms with Crippen LogP contribution >= 0.6 is 0 Å². The van der Waals surface area contributed by atoms with E-state index in [0.29, 0.717) is 6.42 Å². The predicted molar refractivity (Wildman–Crippen MR) is 210 cm³/mol. The van der Waals surface area contributed by atoms with Gasteiger partial charge in [0.2, 0.25) is 0 Å². The van der Waals surface area contributed by atoms with Crippen molar-refractivity contribution in [3.63, 3.8) is 0 Å². The van der Waals surface area contributed by atoms with Crippen molar-refractivity contribution in [1.29, 1.82) is 0 Å². The number of allylic oxidation sites excluding steroid dienone is 17. The number of unbranched alkanes of at least 4 members (excludes halogenated alkanes) is 7. The first-order valence-corrected chi connectivity index (χ1v) is 19.0. The zero-order valence-corrected chi connectivity index (χ0v) is 31.4. The Labute approximate surface area is 304 Å². The van der Waals surface area contributed by atoms with Gasteiger partial charge in [-0.2, -0.15) is 0 Å². The average Bonchev–Trinajstić information content (AvgIpc) is 3.11. The monoisotopic (exact) mass is 690 g/mol. The molecule has 0 aromatic heterocycles. The molecule has 278 valence electrons. The van der Waals surface area contributed by atoms with Crippen LogP contribution in [-0.4, -0.2) is 37.2 Å². The summed E-state index contributed by atoms with van der Waals surface area (Å²) in [6.45, 7) is 6.09. The van der Waals surface area contributed by atoms with Crippen molar-refractivity contribution in [3.05, 3.63) is 109 Å². The van der Waals surface area contributed by atoms with E-state index in [0.717, 1.165) is 70.6 Å². The van der Waals surface area contributed by atoms with E-state index in [2.05, 4.69) is 63.3 Å². The first-order chi connectivity index (χ1) is 24.5. The Balaban J connectivity index is 4.65. The zero-order chi connectivity index (χ0) is 36.6. The highest BCUT2D eigenvalue weighted by atomic mass is 16.6. The second-order valence-corrected chi connectivity index (χ2v) is 11.9. The third-order valence-electron chi connectivity index (χ3n) is 7.15. The van der Waals surface area contributed by atoms with Crippen LogP contribution in [0.1, 0.15) is 130 Å². The fourth-order valence-corrected chi connectivity index (χ4v) is 4.33. The van der Waals surface area contributed by atoms with E-state index in [4.69, 9.17) is 14.2 Å². The number of rotatable bonds is 31. The molecule has 0 bridgehead atoms. The molecule has 6 nitrogen and oxygen atoms in total. The van der Waals surface area contributed by atoms with E-state index in [1.807, 2.05) is 60.8 Å². The van der Waals surface area contributed by atoms with E-state index in [9.17, 15) is 14.4 Å². The molecule has 0 saturated carbocycles. The molecule has 1 unspecified atom stereocenters. The second-order valence-electron chi connectivity index (χ2n) is 11.9. The summed E-state index contributed by atoms with van der Waals surface area (Å²) in [4.78, 5) is 37.3. The number of hydrogen-bond donors (Lipinski definition) is 0. The van der Waals surface area contributed by atoms with E-state index < -0.39 is 12.1 Å². The summed E-state index contributed by atoms with van der Waals surface area (Å²) < 4.78 is 16.4. The molecule has 0 fully saturated rings. The van der Waals surface area contributed by atoms with E-state index in [1.54, 1.807) is 6.08 Å². The molecular weight excluding hydrogens is 624 g/mol. The number of ether oxygens (including phenoxy) is 3. The van der Waals surface area contributed by atoms with Gasteiger partial charge >= 0.3 is 17.9 Å². The van der Waals surface area contributed by atoms with E-state index >= 15 is 0 Å². The van der Waals surface area contributed by atoms with Gasteiger partial charge in [-0.25, -0.2) is 0 Å². The van der Waals surface area contributed by atoms with Crippen molar-refractivity contribution < 1.29 is 28.6 Å². The molecule has 0 aromatic rings. The summed E-state index contributed by atoms with van der Waals surface area (Å²) in [6, 6.07) is 0. The predicted octanol–water partition coefficient (Wildman–Crippen LogP) is 11.7. The largest absolute Gasteiger partial charge is 0.462 e. The normalized spacial score (nSPS) is 13.3. The van der Waals surface area contributed by atoms with Gasteiger partial charge in [0.05, 0.1) is 6.42 Å². The lowest BCUT2D eigenvalue weighted by atomic mass is 10.1. The van der Waals surface area contributed by atoms with Gasteiger partial charge in [0, 0.05) is 12.8 Å². The minimum atomic E-state index is -0.845. The van der Waals surface area contributed by atoms with Crippen LogP contribution in [0.4, 0.5) is 0 Å². The Morgan fingerprint density at radius 1 is 0.460 bits per heavy atom. The number of carbonyl (C=O) groups excluding carboxylic acids is 3. The third kappa shape index (κ3) is 35.4. The smallest absolute Gasteiger partial charge is 0.309 e. The molecule has 0 radical (unpaired) electrons. The quantitative estimate of drug-likeness (QED) is 0.0237. The van der Waals surface area contributed by atoms with Gasteiger partial charge in [0.1, 0.15) is 13.2 Å². The topological polar surface area (TPSA) is 78.9 Å². The third-order valence-corrected chi connectivity index (χ3v) is 7.15. The van der Waals surface area contributed by atoms with Gasteiger partial charge < -0.3 is 14.2 Å². The second kappa shape index (κ2) is 37.9. The van der Waals surface area contributed by atoms with Crippen LogP contribution in [0.3, 0.4) is 0 Å². The first kappa shape index (κ1) is 46.1. The molecule has 0 N–H and O–H groups in total. The fraction of sp³-hybridized carbons (Fsp3) is 0.523. The van der Waals surface area contributed by atoms with Crippen LogP contribution in [0.25, 0.3) is 0 Å². The molecule has 0 spiro atoms. The Hall–Kier alpha value is -3.93. The summed E-state index contributed by atoms with van der Waals surface area (Å²) in [5.74, 6) is -1.18. The van der Waals surface area contributed by atoms with E-state index in [-0.39, 0.29) is 44.4 Å². The molecule has 1 atom stereocenters. The van der Waals surface area contributed by atoms with E-state index in [1.165, 1.54) is 12.8 Å². The van der Waals surface area contributed by atoms with Crippen molar-refractivity contribution >= 4 is 17.9 Å². The van der Waals surface area contributed by atoms with Gasteiger partial charge in [0.15, 0.2) is 6.10 Å². The molecule has 0 aliphatic rings. The van der Waals surface area contributed by atoms with Crippen molar-refractivity contribution in [2.75, 3.05) is 13.2 Å². The highest BCUT2D eigenvalue weighted by Crippen LogP contribution is 2.10. The lowest BCUT2D eigenvalue weighted by molar-refractivity contribution is -0.166. The highest BCUT2D eigenvalue weighted by Gasteiger charge is 2.19. The van der Waals surface area contributed by atoms with Crippen molar-refractivity contribution in [1.82, 2.24) is 0 Å². The maximum Gasteiger partial charge on any atom is 0.309 e. The van der Waals surface area contributed by atoms with Crippen molar-refractivity contribution in [3.8, 4) is 0 Å². The van der Waals surface area contributed by atoms with Crippen LogP contribution in [0.2, 0.25) is 0 Å². The summed E-state index contributed by atoms with van der Waals surface area (Å²) in [5, 5.41) is 0. The van der Waals surface area contributed by atoms with Gasteiger partial charge in [-0.15, -0.1) is 0 Å². The average molecular weight is 691 g/mol. The maximum atomic E-state index is 12.6. The maximum absolute atomic E-state index is 12.6. The zero-order valence-electron chi connectivity index (χ0n) is 31.4. The highest BCUT2D eigenvalue weighted by molar-refractivity contribution is 5.72. The number of hydrogen-bond acceptors (Lipinski definition) is 6. The minimum Gasteiger partial charge on any atom is -0.462 e. The van der Waals surface area contributed by atoms with Gasteiger partial charge in [-0.05, 0) is 64.2 Å². The van der Waals surface area contributed by atoms with Crippen LogP contribution in [0, 0.1) is 0 Å². The van der Waals surface area contributed by atoms with Gasteiger partial charge in [-0.1, -0.05) is 156 Å². The molecule has 0 aromatic carbocycles. The van der Waals surface area contributed by atoms with Crippen LogP contribution < -0.4 is 0 Å². The SMILES string of the molecule is CC\C=C/C=C\C=C/C=C\C=C/CCCC(=O)OCC(COC(=O)C/C=C\C/C=C\C/C=C\CC)OC(=O)CCCCCC/C=C\CCCC. The summed E-state index contributed by atoms with van der Waals surface area (Å²) in [6.07, 6.45) is 49.7. The number of esters is 3. The van der Waals surface area contributed by atoms with Gasteiger partial charge in [-0.3, -0.25) is 14.4 Å².